The molecule has 0 bridgehead atoms. The summed E-state index contributed by atoms with van der Waals surface area (Å²) in [6, 6.07) is 15.3. The lowest BCUT2D eigenvalue weighted by atomic mass is 9.97. The first kappa shape index (κ1) is 17.6. The van der Waals surface area contributed by atoms with Gasteiger partial charge in [-0.15, -0.1) is 10.2 Å². The normalized spacial score (nSPS) is 11.8. The summed E-state index contributed by atoms with van der Waals surface area (Å²) >= 11 is 0. The van der Waals surface area contributed by atoms with E-state index in [-0.39, 0.29) is 5.91 Å². The third-order valence-corrected chi connectivity index (χ3v) is 3.98. The number of H-pyrrole nitrogens is 1. The summed E-state index contributed by atoms with van der Waals surface area (Å²) in [6.45, 7) is 4.55. The van der Waals surface area contributed by atoms with Crippen LogP contribution in [0.5, 0.6) is 5.75 Å². The molecule has 1 heterocycles. The van der Waals surface area contributed by atoms with Crippen LogP contribution in [0, 0.1) is 6.92 Å². The van der Waals surface area contributed by atoms with Crippen molar-refractivity contribution in [2.75, 3.05) is 11.9 Å². The van der Waals surface area contributed by atoms with E-state index in [4.69, 9.17) is 4.74 Å². The van der Waals surface area contributed by atoms with Crippen molar-refractivity contribution in [3.05, 3.63) is 65.5 Å². The second-order valence-electron chi connectivity index (χ2n) is 5.96. The van der Waals surface area contributed by atoms with Gasteiger partial charge < -0.3 is 10.1 Å². The van der Waals surface area contributed by atoms with Crippen LogP contribution in [-0.4, -0.2) is 33.1 Å². The zero-order valence-electron chi connectivity index (χ0n) is 14.8. The molecule has 0 spiro atoms. The number of nitrogens with zero attached hydrogens (tertiary/aromatic N) is 3. The van der Waals surface area contributed by atoms with Crippen molar-refractivity contribution in [2.24, 2.45) is 0 Å². The third kappa shape index (κ3) is 4.44. The van der Waals surface area contributed by atoms with Gasteiger partial charge >= 0.3 is 0 Å². The van der Waals surface area contributed by atoms with Crippen molar-refractivity contribution < 1.29 is 9.53 Å². The Kier molecular flexibility index (Phi) is 5.58. The first-order valence-corrected chi connectivity index (χ1v) is 8.48. The summed E-state index contributed by atoms with van der Waals surface area (Å²) in [5.74, 6) is 0.410. The van der Waals surface area contributed by atoms with Crippen LogP contribution in [-0.2, 0) is 11.2 Å². The van der Waals surface area contributed by atoms with E-state index >= 15 is 0 Å². The first-order valence-electron chi connectivity index (χ1n) is 8.48. The van der Waals surface area contributed by atoms with Gasteiger partial charge in [0.2, 0.25) is 5.91 Å². The number of aryl methyl sites for hydroxylation is 1. The van der Waals surface area contributed by atoms with Gasteiger partial charge in [0, 0.05) is 5.69 Å². The van der Waals surface area contributed by atoms with E-state index < -0.39 is 5.92 Å². The van der Waals surface area contributed by atoms with E-state index in [1.165, 1.54) is 5.56 Å². The predicted molar refractivity (Wildman–Crippen MR) is 98.0 cm³/mol. The number of rotatable bonds is 7. The largest absolute Gasteiger partial charge is 0.494 e. The molecule has 0 fully saturated rings. The summed E-state index contributed by atoms with van der Waals surface area (Å²) in [7, 11) is 0. The monoisotopic (exact) mass is 351 g/mol. The van der Waals surface area contributed by atoms with Crippen LogP contribution < -0.4 is 10.1 Å². The number of hydrogen-bond donors (Lipinski definition) is 2. The maximum absolute atomic E-state index is 12.8. The number of anilines is 1. The molecule has 134 valence electrons. The van der Waals surface area contributed by atoms with Gasteiger partial charge in [-0.3, -0.25) is 4.79 Å². The highest BCUT2D eigenvalue weighted by Gasteiger charge is 2.25. The van der Waals surface area contributed by atoms with Crippen LogP contribution in [0.2, 0.25) is 0 Å². The van der Waals surface area contributed by atoms with E-state index in [9.17, 15) is 4.79 Å². The molecule has 1 amide bonds. The summed E-state index contributed by atoms with van der Waals surface area (Å²) in [5, 5.41) is 16.9. The Labute approximate surface area is 151 Å². The molecule has 0 aliphatic carbocycles. The molecular weight excluding hydrogens is 330 g/mol. The summed E-state index contributed by atoms with van der Waals surface area (Å²) in [4.78, 5) is 12.8. The standard InChI is InChI=1S/C19H21N5O2/c1-3-26-16-10-8-15(9-11-16)20-19(25)17(18-21-23-24-22-18)12-14-6-4-13(2)5-7-14/h4-11,17H,3,12H2,1-2H3,(H,20,25)(H,21,22,23,24). The lowest BCUT2D eigenvalue weighted by Gasteiger charge is -2.14. The Morgan fingerprint density at radius 2 is 1.88 bits per heavy atom. The molecule has 2 N–H and O–H groups in total. The number of tetrazole rings is 1. The van der Waals surface area contributed by atoms with Crippen LogP contribution in [0.1, 0.15) is 29.8 Å². The lowest BCUT2D eigenvalue weighted by Crippen LogP contribution is -2.24. The number of amides is 1. The molecule has 26 heavy (non-hydrogen) atoms. The van der Waals surface area contributed by atoms with Gasteiger partial charge in [0.15, 0.2) is 5.82 Å². The van der Waals surface area contributed by atoms with Gasteiger partial charge in [0.25, 0.3) is 0 Å². The SMILES string of the molecule is CCOc1ccc(NC(=O)C(Cc2ccc(C)cc2)c2nn[nH]n2)cc1. The molecule has 1 atom stereocenters. The maximum atomic E-state index is 12.8. The fourth-order valence-corrected chi connectivity index (χ4v) is 2.61. The van der Waals surface area contributed by atoms with Crippen molar-refractivity contribution in [1.29, 1.82) is 0 Å². The highest BCUT2D eigenvalue weighted by molar-refractivity contribution is 5.95. The number of hydrogen-bond acceptors (Lipinski definition) is 5. The van der Waals surface area contributed by atoms with E-state index in [1.54, 1.807) is 0 Å². The van der Waals surface area contributed by atoms with Crippen molar-refractivity contribution >= 4 is 11.6 Å². The lowest BCUT2D eigenvalue weighted by molar-refractivity contribution is -0.117. The average molecular weight is 351 g/mol. The molecule has 1 aromatic heterocycles. The summed E-state index contributed by atoms with van der Waals surface area (Å²) in [6.07, 6.45) is 0.489. The molecule has 0 saturated carbocycles. The second kappa shape index (κ2) is 8.24. The minimum absolute atomic E-state index is 0.184. The fourth-order valence-electron chi connectivity index (χ4n) is 2.61. The summed E-state index contributed by atoms with van der Waals surface area (Å²) < 4.78 is 5.42. The predicted octanol–water partition coefficient (Wildman–Crippen LogP) is 2.87. The Morgan fingerprint density at radius 1 is 1.15 bits per heavy atom. The topological polar surface area (TPSA) is 92.8 Å². The van der Waals surface area contributed by atoms with Crippen LogP contribution >= 0.6 is 0 Å². The number of aromatic nitrogens is 4. The molecule has 0 aliphatic rings. The number of benzene rings is 2. The quantitative estimate of drug-likeness (QED) is 0.683. The van der Waals surface area contributed by atoms with Crippen molar-refractivity contribution in [2.45, 2.75) is 26.2 Å². The highest BCUT2D eigenvalue weighted by Crippen LogP contribution is 2.21. The van der Waals surface area contributed by atoms with E-state index in [0.29, 0.717) is 24.5 Å². The average Bonchev–Trinajstić information content (AvgIpc) is 3.17. The molecule has 3 rings (SSSR count). The molecule has 0 saturated heterocycles. The Balaban J connectivity index is 1.75. The van der Waals surface area contributed by atoms with Crippen LogP contribution in [0.3, 0.4) is 0 Å². The fraction of sp³-hybridized carbons (Fsp3) is 0.263. The molecule has 0 aliphatic heterocycles. The zero-order chi connectivity index (χ0) is 18.4. The van der Waals surface area contributed by atoms with Gasteiger partial charge in [-0.1, -0.05) is 35.0 Å². The minimum atomic E-state index is -0.539. The molecular formula is C19H21N5O2. The van der Waals surface area contributed by atoms with Crippen LogP contribution in [0.4, 0.5) is 5.69 Å². The third-order valence-electron chi connectivity index (χ3n) is 3.98. The van der Waals surface area contributed by atoms with Crippen molar-refractivity contribution in [1.82, 2.24) is 20.6 Å². The minimum Gasteiger partial charge on any atom is -0.494 e. The second-order valence-corrected chi connectivity index (χ2v) is 5.96. The number of nitrogens with one attached hydrogen (secondary N) is 2. The Morgan fingerprint density at radius 3 is 2.50 bits per heavy atom. The van der Waals surface area contributed by atoms with Crippen molar-refractivity contribution in [3.8, 4) is 5.75 Å². The summed E-state index contributed by atoms with van der Waals surface area (Å²) in [5.41, 5.74) is 2.90. The molecule has 7 heteroatoms. The number of ether oxygens (including phenoxy) is 1. The smallest absolute Gasteiger partial charge is 0.235 e. The Hall–Kier alpha value is -3.22. The zero-order valence-corrected chi connectivity index (χ0v) is 14.8. The van der Waals surface area contributed by atoms with Gasteiger partial charge in [-0.2, -0.15) is 5.21 Å². The maximum Gasteiger partial charge on any atom is 0.235 e. The molecule has 3 aromatic rings. The number of aromatic amines is 1. The van der Waals surface area contributed by atoms with Gasteiger partial charge in [0.1, 0.15) is 11.7 Å². The first-order chi connectivity index (χ1) is 12.7. The van der Waals surface area contributed by atoms with E-state index in [1.807, 2.05) is 62.4 Å². The number of carbonyl (C=O) groups is 1. The Bertz CT molecular complexity index is 829. The highest BCUT2D eigenvalue weighted by atomic mass is 16.5. The molecule has 0 radical (unpaired) electrons. The molecule has 7 nitrogen and oxygen atoms in total. The molecule has 1 unspecified atom stereocenters. The van der Waals surface area contributed by atoms with Gasteiger partial charge in [0.05, 0.1) is 6.61 Å². The van der Waals surface area contributed by atoms with Crippen LogP contribution in [0.25, 0.3) is 0 Å². The van der Waals surface area contributed by atoms with Gasteiger partial charge in [-0.25, -0.2) is 0 Å². The number of carbonyl (C=O) groups excluding carboxylic acids is 1. The van der Waals surface area contributed by atoms with Crippen molar-refractivity contribution in [3.63, 3.8) is 0 Å². The van der Waals surface area contributed by atoms with Crippen LogP contribution in [0.15, 0.2) is 48.5 Å². The molecule has 2 aromatic carbocycles. The van der Waals surface area contributed by atoms with E-state index in [0.717, 1.165) is 11.3 Å². The van der Waals surface area contributed by atoms with E-state index in [2.05, 4.69) is 25.9 Å². The van der Waals surface area contributed by atoms with Gasteiger partial charge in [-0.05, 0) is 50.1 Å².